The van der Waals surface area contributed by atoms with Crippen molar-refractivity contribution in [2.75, 3.05) is 24.3 Å². The number of amides is 1. The summed E-state index contributed by atoms with van der Waals surface area (Å²) in [5.74, 6) is 0.432. The largest absolute Gasteiger partial charge is 0.494 e. The van der Waals surface area contributed by atoms with Gasteiger partial charge in [-0.1, -0.05) is 11.8 Å². The summed E-state index contributed by atoms with van der Waals surface area (Å²) < 4.78 is 10.8. The maximum Gasteiger partial charge on any atom is 0.341 e. The Balaban J connectivity index is 1.45. The van der Waals surface area contributed by atoms with E-state index >= 15 is 0 Å². The molecule has 1 aromatic carbocycles. The Morgan fingerprint density at radius 1 is 1.23 bits per heavy atom. The highest BCUT2D eigenvalue weighted by Gasteiger charge is 2.27. The van der Waals surface area contributed by atoms with E-state index in [1.807, 2.05) is 25.1 Å². The van der Waals surface area contributed by atoms with Gasteiger partial charge in [0.05, 0.1) is 35.6 Å². The number of nitrogens with zero attached hydrogens (tertiary/aromatic N) is 1. The van der Waals surface area contributed by atoms with Crippen molar-refractivity contribution in [3.63, 3.8) is 0 Å². The number of hydrogen-bond acceptors (Lipinski definition) is 7. The van der Waals surface area contributed by atoms with Crippen LogP contribution in [0.4, 0.5) is 5.00 Å². The fourth-order valence-electron chi connectivity index (χ4n) is 3.66. The number of aryl methyl sites for hydroxylation is 1. The Hall–Kier alpha value is -2.52. The smallest absolute Gasteiger partial charge is 0.341 e. The number of rotatable bonds is 8. The molecular formula is C22H25N3O4S2. The number of nitrogens with one attached hydrogen (secondary N) is 2. The molecule has 0 spiro atoms. The van der Waals surface area contributed by atoms with Gasteiger partial charge in [0.2, 0.25) is 5.91 Å². The molecule has 9 heteroatoms. The molecule has 0 radical (unpaired) electrons. The van der Waals surface area contributed by atoms with Crippen LogP contribution in [0.3, 0.4) is 0 Å². The summed E-state index contributed by atoms with van der Waals surface area (Å²) in [4.78, 5) is 34.1. The highest BCUT2D eigenvalue weighted by molar-refractivity contribution is 7.99. The zero-order valence-electron chi connectivity index (χ0n) is 17.6. The molecule has 0 bridgehead atoms. The summed E-state index contributed by atoms with van der Waals surface area (Å²) in [7, 11) is 0. The Labute approximate surface area is 188 Å². The average Bonchev–Trinajstić information content (AvgIpc) is 3.32. The number of fused-ring (bicyclic) bond motifs is 2. The van der Waals surface area contributed by atoms with Gasteiger partial charge in [-0.2, -0.15) is 0 Å². The van der Waals surface area contributed by atoms with E-state index < -0.39 is 0 Å². The summed E-state index contributed by atoms with van der Waals surface area (Å²) in [5.41, 5.74) is 3.26. The number of anilines is 1. The van der Waals surface area contributed by atoms with Crippen LogP contribution >= 0.6 is 23.1 Å². The van der Waals surface area contributed by atoms with Crippen molar-refractivity contribution in [3.8, 4) is 5.75 Å². The lowest BCUT2D eigenvalue weighted by Gasteiger charge is -2.12. The first-order chi connectivity index (χ1) is 15.1. The first kappa shape index (κ1) is 21.7. The third-order valence-corrected chi connectivity index (χ3v) is 7.07. The number of benzene rings is 1. The number of aromatic nitrogens is 2. The van der Waals surface area contributed by atoms with E-state index in [-0.39, 0.29) is 17.6 Å². The molecular weight excluding hydrogens is 434 g/mol. The lowest BCUT2D eigenvalue weighted by atomic mass is 9.95. The second-order valence-corrected chi connectivity index (χ2v) is 9.20. The van der Waals surface area contributed by atoms with E-state index in [1.165, 1.54) is 28.0 Å². The first-order valence-electron chi connectivity index (χ1n) is 10.5. The van der Waals surface area contributed by atoms with Crippen LogP contribution in [0.25, 0.3) is 11.0 Å². The molecule has 4 rings (SSSR count). The van der Waals surface area contributed by atoms with Gasteiger partial charge in [0, 0.05) is 10.9 Å². The van der Waals surface area contributed by atoms with Crippen LogP contribution in [-0.2, 0) is 22.4 Å². The van der Waals surface area contributed by atoms with E-state index in [0.29, 0.717) is 28.9 Å². The molecule has 2 aromatic heterocycles. The van der Waals surface area contributed by atoms with Crippen LogP contribution in [-0.4, -0.2) is 40.8 Å². The normalized spacial score (nSPS) is 13.1. The average molecular weight is 460 g/mol. The van der Waals surface area contributed by atoms with Crippen LogP contribution in [0, 0.1) is 0 Å². The molecule has 0 unspecified atom stereocenters. The number of esters is 1. The number of thiophene rings is 1. The van der Waals surface area contributed by atoms with Gasteiger partial charge in [0.1, 0.15) is 10.8 Å². The standard InChI is InChI=1S/C22H25N3O4S2/c1-3-28-13-9-10-15-16(11-13)24-22(23-15)30-12-18(26)25-20-19(21(27)29-4-2)14-7-5-6-8-17(14)31-20/h9-11H,3-8,12H2,1-2H3,(H,23,24)(H,25,26). The summed E-state index contributed by atoms with van der Waals surface area (Å²) in [6.45, 7) is 4.63. The van der Waals surface area contributed by atoms with Crippen molar-refractivity contribution in [3.05, 3.63) is 34.2 Å². The second kappa shape index (κ2) is 9.74. The molecule has 164 valence electrons. The number of hydrogen-bond donors (Lipinski definition) is 2. The number of H-pyrrole nitrogens is 1. The third-order valence-electron chi connectivity index (χ3n) is 4.99. The highest BCUT2D eigenvalue weighted by Crippen LogP contribution is 2.38. The van der Waals surface area contributed by atoms with Gasteiger partial charge in [-0.25, -0.2) is 9.78 Å². The van der Waals surface area contributed by atoms with E-state index in [1.54, 1.807) is 6.92 Å². The van der Waals surface area contributed by atoms with Gasteiger partial charge in [-0.3, -0.25) is 4.79 Å². The number of carbonyl (C=O) groups excluding carboxylic acids is 2. The Bertz CT molecular complexity index is 1110. The molecule has 1 aliphatic rings. The molecule has 0 atom stereocenters. The van der Waals surface area contributed by atoms with Gasteiger partial charge >= 0.3 is 5.97 Å². The van der Waals surface area contributed by atoms with Crippen molar-refractivity contribution < 1.29 is 19.1 Å². The van der Waals surface area contributed by atoms with Gasteiger partial charge < -0.3 is 19.8 Å². The van der Waals surface area contributed by atoms with Crippen molar-refractivity contribution in [2.45, 2.75) is 44.7 Å². The van der Waals surface area contributed by atoms with E-state index in [2.05, 4.69) is 15.3 Å². The predicted octanol–water partition coefficient (Wildman–Crippen LogP) is 4.81. The predicted molar refractivity (Wildman–Crippen MR) is 124 cm³/mol. The summed E-state index contributed by atoms with van der Waals surface area (Å²) >= 11 is 2.82. The number of imidazole rings is 1. The zero-order valence-corrected chi connectivity index (χ0v) is 19.2. The van der Waals surface area contributed by atoms with Gasteiger partial charge in [0.25, 0.3) is 0 Å². The quantitative estimate of drug-likeness (QED) is 0.371. The summed E-state index contributed by atoms with van der Waals surface area (Å²) in [5, 5.41) is 4.19. The lowest BCUT2D eigenvalue weighted by Crippen LogP contribution is -2.17. The lowest BCUT2D eigenvalue weighted by molar-refractivity contribution is -0.113. The molecule has 2 heterocycles. The van der Waals surface area contributed by atoms with Gasteiger partial charge in [-0.05, 0) is 57.2 Å². The molecule has 1 aliphatic carbocycles. The number of carbonyl (C=O) groups is 2. The maximum atomic E-state index is 12.6. The fraction of sp³-hybridized carbons (Fsp3) is 0.409. The summed E-state index contributed by atoms with van der Waals surface area (Å²) in [6.07, 6.45) is 3.96. The first-order valence-corrected chi connectivity index (χ1v) is 12.3. The van der Waals surface area contributed by atoms with Crippen molar-refractivity contribution in [1.29, 1.82) is 0 Å². The number of thioether (sulfide) groups is 1. The van der Waals surface area contributed by atoms with Crippen molar-refractivity contribution >= 4 is 51.0 Å². The van der Waals surface area contributed by atoms with Crippen LogP contribution in [0.2, 0.25) is 0 Å². The Morgan fingerprint density at radius 2 is 2.06 bits per heavy atom. The van der Waals surface area contributed by atoms with Crippen molar-refractivity contribution in [1.82, 2.24) is 9.97 Å². The number of aromatic amines is 1. The molecule has 0 fully saturated rings. The molecule has 31 heavy (non-hydrogen) atoms. The van der Waals surface area contributed by atoms with Crippen LogP contribution in [0.1, 0.15) is 47.5 Å². The molecule has 0 saturated heterocycles. The third kappa shape index (κ3) is 4.88. The minimum Gasteiger partial charge on any atom is -0.494 e. The van der Waals surface area contributed by atoms with E-state index in [4.69, 9.17) is 9.47 Å². The molecule has 2 N–H and O–H groups in total. The Morgan fingerprint density at radius 3 is 2.87 bits per heavy atom. The topological polar surface area (TPSA) is 93.3 Å². The second-order valence-electron chi connectivity index (χ2n) is 7.13. The van der Waals surface area contributed by atoms with Crippen molar-refractivity contribution in [2.24, 2.45) is 0 Å². The van der Waals surface area contributed by atoms with Crippen LogP contribution in [0.5, 0.6) is 5.75 Å². The monoisotopic (exact) mass is 459 g/mol. The minimum atomic E-state index is -0.354. The highest BCUT2D eigenvalue weighted by atomic mass is 32.2. The van der Waals surface area contributed by atoms with Crippen LogP contribution in [0.15, 0.2) is 23.4 Å². The fourth-order valence-corrected chi connectivity index (χ4v) is 5.64. The molecule has 3 aromatic rings. The van der Waals surface area contributed by atoms with Gasteiger partial charge in [0.15, 0.2) is 5.16 Å². The molecule has 1 amide bonds. The maximum absolute atomic E-state index is 12.6. The minimum absolute atomic E-state index is 0.176. The van der Waals surface area contributed by atoms with Crippen LogP contribution < -0.4 is 10.1 Å². The summed E-state index contributed by atoms with van der Waals surface area (Å²) in [6, 6.07) is 5.67. The SMILES string of the molecule is CCOC(=O)c1c(NC(=O)CSc2nc3ccc(OCC)cc3[nH]2)sc2c1CCCC2. The molecule has 0 aliphatic heterocycles. The molecule has 0 saturated carbocycles. The van der Waals surface area contributed by atoms with Gasteiger partial charge in [-0.15, -0.1) is 11.3 Å². The van der Waals surface area contributed by atoms with E-state index in [9.17, 15) is 9.59 Å². The Kier molecular flexibility index (Phi) is 6.82. The number of ether oxygens (including phenoxy) is 2. The molecule has 7 nitrogen and oxygen atoms in total. The van der Waals surface area contributed by atoms with E-state index in [0.717, 1.165) is 48.0 Å². The zero-order chi connectivity index (χ0) is 21.8.